The maximum Gasteiger partial charge on any atom is 0.416 e. The second-order valence-corrected chi connectivity index (χ2v) is 12.0. The molecule has 4 heterocycles. The summed E-state index contributed by atoms with van der Waals surface area (Å²) in [4.78, 5) is 19.5. The molecule has 1 aliphatic heterocycles. The van der Waals surface area contributed by atoms with Crippen LogP contribution < -0.4 is 10.6 Å². The number of likely N-dealkylation sites (tertiary alicyclic amines) is 1. The molecule has 2 aromatic carbocycles. The van der Waals surface area contributed by atoms with Gasteiger partial charge in [-0.05, 0) is 74.2 Å². The lowest BCUT2D eigenvalue weighted by Gasteiger charge is -2.40. The van der Waals surface area contributed by atoms with Gasteiger partial charge in [0.15, 0.2) is 5.65 Å². The third-order valence-corrected chi connectivity index (χ3v) is 7.86. The van der Waals surface area contributed by atoms with Gasteiger partial charge >= 0.3 is 6.18 Å². The molecule has 48 heavy (non-hydrogen) atoms. The van der Waals surface area contributed by atoms with Crippen LogP contribution in [0.25, 0.3) is 5.65 Å². The average molecular weight is 660 g/mol. The van der Waals surface area contributed by atoms with Crippen LogP contribution in [0.2, 0.25) is 0 Å². The van der Waals surface area contributed by atoms with Crippen LogP contribution in [-0.4, -0.2) is 55.3 Å². The molecule has 0 radical (unpaired) electrons. The number of nitrogens with zero attached hydrogens (tertiary/aromatic N) is 5. The first kappa shape index (κ1) is 32.7. The van der Waals surface area contributed by atoms with Crippen molar-refractivity contribution in [2.75, 3.05) is 23.7 Å². The summed E-state index contributed by atoms with van der Waals surface area (Å²) < 4.78 is 66.3. The Balaban J connectivity index is 1.20. The highest BCUT2D eigenvalue weighted by Crippen LogP contribution is 2.35. The summed E-state index contributed by atoms with van der Waals surface area (Å²) in [7, 11) is 1.82. The Kier molecular flexibility index (Phi) is 8.96. The number of fused-ring (bicyclic) bond motifs is 1. The lowest BCUT2D eigenvalue weighted by atomic mass is 10.0. The Bertz CT molecular complexity index is 2050. The second-order valence-electron chi connectivity index (χ2n) is 12.0. The van der Waals surface area contributed by atoms with E-state index >= 15 is 4.39 Å². The predicted octanol–water partition coefficient (Wildman–Crippen LogP) is 6.54. The maximum absolute atomic E-state index is 15.0. The fourth-order valence-corrected chi connectivity index (χ4v) is 5.57. The number of halogens is 4. The molecule has 0 unspecified atom stereocenters. The first-order chi connectivity index (χ1) is 22.8. The highest BCUT2D eigenvalue weighted by molar-refractivity contribution is 6.04. The molecule has 2 N–H and O–H groups in total. The maximum atomic E-state index is 15.0. The molecule has 13 heteroatoms. The number of aryl methyl sites for hydroxylation is 2. The van der Waals surface area contributed by atoms with E-state index in [0.717, 1.165) is 17.4 Å². The number of carbonyl (C=O) groups excluding carboxylic acids is 1. The topological polar surface area (TPSA) is 88.7 Å². The lowest BCUT2D eigenvalue weighted by Crippen LogP contribution is -2.52. The zero-order valence-corrected chi connectivity index (χ0v) is 26.7. The molecule has 1 saturated heterocycles. The molecule has 248 valence electrons. The number of benzene rings is 2. The minimum atomic E-state index is -4.65. The normalized spacial score (nSPS) is 13.8. The van der Waals surface area contributed by atoms with Crippen LogP contribution in [0.15, 0.2) is 67.3 Å². The number of anilines is 3. The molecular weight excluding hydrogens is 626 g/mol. The van der Waals surface area contributed by atoms with Crippen LogP contribution in [0.3, 0.4) is 0 Å². The Morgan fingerprint density at radius 2 is 1.90 bits per heavy atom. The highest BCUT2D eigenvalue weighted by Gasteiger charge is 2.36. The van der Waals surface area contributed by atoms with E-state index in [4.69, 9.17) is 4.74 Å². The smallest absolute Gasteiger partial charge is 0.373 e. The zero-order valence-electron chi connectivity index (χ0n) is 26.7. The van der Waals surface area contributed by atoms with Crippen molar-refractivity contribution in [1.82, 2.24) is 24.1 Å². The number of carbonyl (C=O) groups is 1. The number of nitrogens with one attached hydrogen (secondary N) is 2. The second kappa shape index (κ2) is 13.1. The first-order valence-corrected chi connectivity index (χ1v) is 15.3. The summed E-state index contributed by atoms with van der Waals surface area (Å²) in [6.07, 6.45) is 2.30. The molecule has 0 spiro atoms. The van der Waals surface area contributed by atoms with Crippen LogP contribution in [-0.2, 0) is 24.5 Å². The summed E-state index contributed by atoms with van der Waals surface area (Å²) in [5, 5.41) is 9.86. The summed E-state index contributed by atoms with van der Waals surface area (Å²) in [6.45, 7) is 6.64. The molecule has 1 fully saturated rings. The molecule has 1 aliphatic rings. The van der Waals surface area contributed by atoms with E-state index in [1.54, 1.807) is 34.6 Å². The molecule has 1 amide bonds. The number of aromatic nitrogens is 4. The van der Waals surface area contributed by atoms with Gasteiger partial charge in [0, 0.05) is 50.3 Å². The first-order valence-electron chi connectivity index (χ1n) is 15.3. The largest absolute Gasteiger partial charge is 0.416 e. The number of alkyl halides is 3. The van der Waals surface area contributed by atoms with Crippen molar-refractivity contribution in [3.05, 3.63) is 107 Å². The molecule has 0 saturated carbocycles. The number of hydrogen-bond donors (Lipinski definition) is 2. The number of rotatable bonds is 8. The van der Waals surface area contributed by atoms with Crippen molar-refractivity contribution in [3.63, 3.8) is 0 Å². The highest BCUT2D eigenvalue weighted by atomic mass is 19.4. The van der Waals surface area contributed by atoms with Crippen molar-refractivity contribution < 1.29 is 27.1 Å². The van der Waals surface area contributed by atoms with Crippen LogP contribution in [0, 0.1) is 24.6 Å². The SMILES string of the molecule is Cc1cc(F)c(C(=O)Nc2ccc(CN3CC(OC(C)C)C3)c(C(F)(F)F)c2)cc1C#Cc1cnc2c(Nc3cnn(C)c3)cccn12. The van der Waals surface area contributed by atoms with E-state index in [-0.39, 0.29) is 35.6 Å². The fraction of sp³-hybridized carbons (Fsp3) is 0.286. The van der Waals surface area contributed by atoms with E-state index in [0.29, 0.717) is 35.6 Å². The Hall–Kier alpha value is -5.19. The van der Waals surface area contributed by atoms with Crippen LogP contribution in [0.1, 0.15) is 52.2 Å². The van der Waals surface area contributed by atoms with E-state index in [9.17, 15) is 18.0 Å². The van der Waals surface area contributed by atoms with Gasteiger partial charge < -0.3 is 15.4 Å². The monoisotopic (exact) mass is 659 g/mol. The predicted molar refractivity (Wildman–Crippen MR) is 173 cm³/mol. The summed E-state index contributed by atoms with van der Waals surface area (Å²) in [6, 6.07) is 9.79. The number of ether oxygens (including phenoxy) is 1. The van der Waals surface area contributed by atoms with Gasteiger partial charge in [-0.3, -0.25) is 18.8 Å². The Labute approximate surface area is 274 Å². The van der Waals surface area contributed by atoms with Crippen molar-refractivity contribution in [2.45, 2.75) is 45.7 Å². The number of hydrogen-bond acceptors (Lipinski definition) is 6. The van der Waals surface area contributed by atoms with Crippen molar-refractivity contribution in [1.29, 1.82) is 0 Å². The van der Waals surface area contributed by atoms with Crippen LogP contribution in [0.5, 0.6) is 0 Å². The van der Waals surface area contributed by atoms with Gasteiger partial charge in [-0.1, -0.05) is 12.0 Å². The Morgan fingerprint density at radius 1 is 1.10 bits per heavy atom. The van der Waals surface area contributed by atoms with Gasteiger partial charge in [0.2, 0.25) is 0 Å². The molecule has 5 aromatic rings. The molecule has 0 bridgehead atoms. The van der Waals surface area contributed by atoms with Gasteiger partial charge in [-0.2, -0.15) is 18.3 Å². The standard InChI is InChI=1S/C35H33F4N7O2/c1-21(2)48-28-19-45(20-28)17-24-7-9-25(14-30(24)35(37,38)39)43-34(47)29-13-23(22(3)12-31(29)36)8-10-27-16-40-33-32(6-5-11-46(27)33)42-26-15-41-44(4)18-26/h5-7,9,11-16,18,21,28,42H,17,19-20H2,1-4H3,(H,43,47). The third-order valence-electron chi connectivity index (χ3n) is 7.86. The number of amides is 1. The minimum absolute atomic E-state index is 0.00983. The fourth-order valence-electron chi connectivity index (χ4n) is 5.57. The molecule has 3 aromatic heterocycles. The van der Waals surface area contributed by atoms with Gasteiger partial charge in [-0.15, -0.1) is 0 Å². The zero-order chi connectivity index (χ0) is 34.2. The van der Waals surface area contributed by atoms with E-state index < -0.39 is 23.5 Å². The molecule has 6 rings (SSSR count). The van der Waals surface area contributed by atoms with Crippen LogP contribution >= 0.6 is 0 Å². The van der Waals surface area contributed by atoms with Gasteiger partial charge in [0.25, 0.3) is 5.91 Å². The van der Waals surface area contributed by atoms with Crippen molar-refractivity contribution >= 4 is 28.6 Å². The molecule has 9 nitrogen and oxygen atoms in total. The number of imidazole rings is 1. The van der Waals surface area contributed by atoms with Crippen LogP contribution in [0.4, 0.5) is 34.6 Å². The van der Waals surface area contributed by atoms with Gasteiger partial charge in [0.1, 0.15) is 11.5 Å². The quantitative estimate of drug-likeness (QED) is 0.145. The minimum Gasteiger partial charge on any atom is -0.373 e. The van der Waals surface area contributed by atoms with E-state index in [1.807, 2.05) is 44.1 Å². The summed E-state index contributed by atoms with van der Waals surface area (Å²) in [5.74, 6) is 4.32. The molecule has 0 aliphatic carbocycles. The molecular formula is C35H33F4N7O2. The van der Waals surface area contributed by atoms with E-state index in [2.05, 4.69) is 32.6 Å². The van der Waals surface area contributed by atoms with E-state index in [1.165, 1.54) is 24.3 Å². The summed E-state index contributed by atoms with van der Waals surface area (Å²) in [5.41, 5.74) is 2.33. The van der Waals surface area contributed by atoms with Gasteiger partial charge in [0.05, 0.1) is 47.1 Å². The third kappa shape index (κ3) is 7.20. The molecule has 0 atom stereocenters. The van der Waals surface area contributed by atoms with Crippen molar-refractivity contribution in [3.8, 4) is 11.8 Å². The Morgan fingerprint density at radius 3 is 2.60 bits per heavy atom. The lowest BCUT2D eigenvalue weighted by molar-refractivity contribution is -0.139. The summed E-state index contributed by atoms with van der Waals surface area (Å²) >= 11 is 0. The van der Waals surface area contributed by atoms with Gasteiger partial charge in [-0.25, -0.2) is 9.37 Å². The average Bonchev–Trinajstić information content (AvgIpc) is 3.61. The number of pyridine rings is 1. The van der Waals surface area contributed by atoms with Crippen molar-refractivity contribution in [2.24, 2.45) is 7.05 Å².